The largest absolute Gasteiger partial charge is 0.382 e. The van der Waals surface area contributed by atoms with E-state index >= 15 is 0 Å². The number of aromatic nitrogens is 2. The fourth-order valence-electron chi connectivity index (χ4n) is 1.17. The predicted molar refractivity (Wildman–Crippen MR) is 61.9 cm³/mol. The Balaban J connectivity index is 2.49. The van der Waals surface area contributed by atoms with Crippen molar-refractivity contribution in [1.29, 1.82) is 0 Å². The van der Waals surface area contributed by atoms with Crippen LogP contribution in [0, 0.1) is 0 Å². The summed E-state index contributed by atoms with van der Waals surface area (Å²) in [5.41, 5.74) is 6.90. The number of hydrogen-bond acceptors (Lipinski definition) is 3. The van der Waals surface area contributed by atoms with E-state index in [9.17, 15) is 0 Å². The van der Waals surface area contributed by atoms with Gasteiger partial charge in [-0.05, 0) is 18.2 Å². The van der Waals surface area contributed by atoms with E-state index in [1.165, 1.54) is 6.20 Å². The average molecular weight is 240 g/mol. The highest BCUT2D eigenvalue weighted by atomic mass is 35.5. The molecule has 0 saturated carbocycles. The third-order valence-electron chi connectivity index (χ3n) is 1.88. The molecule has 0 atom stereocenters. The van der Waals surface area contributed by atoms with Crippen LogP contribution in [-0.2, 0) is 0 Å². The minimum absolute atomic E-state index is 0.379. The standard InChI is InChI=1S/C10H7Cl2N3/c11-6-1-2-7(8(12)3-6)9-4-15-10(13)5-14-9/h1-5H,(H2,13,15). The lowest BCUT2D eigenvalue weighted by atomic mass is 10.1. The molecule has 0 aliphatic heterocycles. The molecule has 0 aliphatic rings. The van der Waals surface area contributed by atoms with Crippen molar-refractivity contribution >= 4 is 29.0 Å². The first-order valence-electron chi connectivity index (χ1n) is 4.20. The Labute approximate surface area is 96.9 Å². The van der Waals surface area contributed by atoms with Crippen molar-refractivity contribution in [3.05, 3.63) is 40.6 Å². The van der Waals surface area contributed by atoms with Crippen LogP contribution in [-0.4, -0.2) is 9.97 Å². The first-order valence-corrected chi connectivity index (χ1v) is 4.95. The van der Waals surface area contributed by atoms with Crippen LogP contribution in [0.3, 0.4) is 0 Å². The molecule has 0 fully saturated rings. The predicted octanol–water partition coefficient (Wildman–Crippen LogP) is 3.03. The van der Waals surface area contributed by atoms with E-state index in [-0.39, 0.29) is 0 Å². The molecule has 0 bridgehead atoms. The van der Waals surface area contributed by atoms with Crippen molar-refractivity contribution < 1.29 is 0 Å². The highest BCUT2D eigenvalue weighted by Gasteiger charge is 2.05. The van der Waals surface area contributed by atoms with Gasteiger partial charge in [-0.2, -0.15) is 0 Å². The van der Waals surface area contributed by atoms with E-state index in [0.29, 0.717) is 21.6 Å². The van der Waals surface area contributed by atoms with Crippen molar-refractivity contribution in [2.75, 3.05) is 5.73 Å². The van der Waals surface area contributed by atoms with E-state index in [1.807, 2.05) is 0 Å². The fraction of sp³-hybridized carbons (Fsp3) is 0. The molecule has 1 aromatic heterocycles. The number of benzene rings is 1. The number of nitrogen functional groups attached to an aromatic ring is 1. The first-order chi connectivity index (χ1) is 7.16. The fourth-order valence-corrected chi connectivity index (χ4v) is 1.68. The number of halogens is 2. The third kappa shape index (κ3) is 2.19. The summed E-state index contributed by atoms with van der Waals surface area (Å²) in [6.45, 7) is 0. The molecule has 5 heteroatoms. The molecule has 0 amide bonds. The molecule has 1 heterocycles. The van der Waals surface area contributed by atoms with Crippen LogP contribution >= 0.6 is 23.2 Å². The topological polar surface area (TPSA) is 51.8 Å². The summed E-state index contributed by atoms with van der Waals surface area (Å²) < 4.78 is 0. The second-order valence-corrected chi connectivity index (χ2v) is 3.79. The molecule has 15 heavy (non-hydrogen) atoms. The highest BCUT2D eigenvalue weighted by Crippen LogP contribution is 2.28. The lowest BCUT2D eigenvalue weighted by molar-refractivity contribution is 1.22. The maximum absolute atomic E-state index is 6.02. The molecule has 0 unspecified atom stereocenters. The Morgan fingerprint density at radius 2 is 1.87 bits per heavy atom. The molecule has 2 aromatic rings. The Morgan fingerprint density at radius 1 is 1.07 bits per heavy atom. The molecular formula is C10H7Cl2N3. The van der Waals surface area contributed by atoms with Crippen LogP contribution in [0.15, 0.2) is 30.6 Å². The van der Waals surface area contributed by atoms with Gasteiger partial charge in [0, 0.05) is 10.6 Å². The Kier molecular flexibility index (Phi) is 2.75. The van der Waals surface area contributed by atoms with Crippen LogP contribution < -0.4 is 5.73 Å². The van der Waals surface area contributed by atoms with Crippen LogP contribution in [0.25, 0.3) is 11.3 Å². The van der Waals surface area contributed by atoms with Gasteiger partial charge in [0.25, 0.3) is 0 Å². The average Bonchev–Trinajstić information content (AvgIpc) is 2.20. The van der Waals surface area contributed by atoms with Crippen molar-refractivity contribution in [1.82, 2.24) is 9.97 Å². The quantitative estimate of drug-likeness (QED) is 0.833. The van der Waals surface area contributed by atoms with Crippen LogP contribution in [0.4, 0.5) is 5.82 Å². The number of nitrogens with zero attached hydrogens (tertiary/aromatic N) is 2. The van der Waals surface area contributed by atoms with Crippen LogP contribution in [0.2, 0.25) is 10.0 Å². The zero-order chi connectivity index (χ0) is 10.8. The number of nitrogens with two attached hydrogens (primary N) is 1. The smallest absolute Gasteiger partial charge is 0.141 e. The van der Waals surface area contributed by atoms with Crippen molar-refractivity contribution in [2.24, 2.45) is 0 Å². The molecule has 2 rings (SSSR count). The van der Waals surface area contributed by atoms with E-state index < -0.39 is 0 Å². The molecule has 1 aromatic carbocycles. The summed E-state index contributed by atoms with van der Waals surface area (Å²) in [5, 5.41) is 1.13. The van der Waals surface area contributed by atoms with Gasteiger partial charge in [0.15, 0.2) is 0 Å². The van der Waals surface area contributed by atoms with Crippen molar-refractivity contribution in [2.45, 2.75) is 0 Å². The zero-order valence-electron chi connectivity index (χ0n) is 7.61. The summed E-state index contributed by atoms with van der Waals surface area (Å²) in [6, 6.07) is 5.21. The van der Waals surface area contributed by atoms with E-state index in [1.54, 1.807) is 24.4 Å². The summed E-state index contributed by atoms with van der Waals surface area (Å²) in [5.74, 6) is 0.379. The molecule has 3 nitrogen and oxygen atoms in total. The lowest BCUT2D eigenvalue weighted by Crippen LogP contribution is -1.92. The summed E-state index contributed by atoms with van der Waals surface area (Å²) in [6.07, 6.45) is 3.06. The van der Waals surface area contributed by atoms with Gasteiger partial charge in [0.05, 0.1) is 23.1 Å². The Hall–Kier alpha value is -1.32. The van der Waals surface area contributed by atoms with E-state index in [0.717, 1.165) is 5.56 Å². The van der Waals surface area contributed by atoms with Crippen molar-refractivity contribution in [3.8, 4) is 11.3 Å². The molecule has 0 saturated heterocycles. The third-order valence-corrected chi connectivity index (χ3v) is 2.43. The second-order valence-electron chi connectivity index (χ2n) is 2.95. The highest BCUT2D eigenvalue weighted by molar-refractivity contribution is 6.36. The van der Waals surface area contributed by atoms with Crippen LogP contribution in [0.1, 0.15) is 0 Å². The van der Waals surface area contributed by atoms with Gasteiger partial charge in [-0.1, -0.05) is 23.2 Å². The molecule has 0 spiro atoms. The van der Waals surface area contributed by atoms with Crippen molar-refractivity contribution in [3.63, 3.8) is 0 Å². The number of anilines is 1. The molecule has 0 aliphatic carbocycles. The van der Waals surface area contributed by atoms with E-state index in [4.69, 9.17) is 28.9 Å². The normalized spacial score (nSPS) is 10.3. The molecule has 2 N–H and O–H groups in total. The second kappa shape index (κ2) is 4.04. The SMILES string of the molecule is Nc1cnc(-c2ccc(Cl)cc2Cl)cn1. The Bertz CT molecular complexity index is 483. The minimum atomic E-state index is 0.379. The molecule has 76 valence electrons. The minimum Gasteiger partial charge on any atom is -0.382 e. The van der Waals surface area contributed by atoms with Crippen LogP contribution in [0.5, 0.6) is 0 Å². The summed E-state index contributed by atoms with van der Waals surface area (Å²) in [4.78, 5) is 8.07. The van der Waals surface area contributed by atoms with Gasteiger partial charge >= 0.3 is 0 Å². The summed E-state index contributed by atoms with van der Waals surface area (Å²) >= 11 is 11.8. The number of hydrogen-bond donors (Lipinski definition) is 1. The van der Waals surface area contributed by atoms with Gasteiger partial charge in [-0.15, -0.1) is 0 Å². The molecule has 0 radical (unpaired) electrons. The van der Waals surface area contributed by atoms with Gasteiger partial charge in [0.2, 0.25) is 0 Å². The lowest BCUT2D eigenvalue weighted by Gasteiger charge is -2.03. The molecular weight excluding hydrogens is 233 g/mol. The van der Waals surface area contributed by atoms with Gasteiger partial charge < -0.3 is 5.73 Å². The monoisotopic (exact) mass is 239 g/mol. The summed E-state index contributed by atoms with van der Waals surface area (Å²) in [7, 11) is 0. The Morgan fingerprint density at radius 3 is 2.47 bits per heavy atom. The maximum atomic E-state index is 6.02. The van der Waals surface area contributed by atoms with E-state index in [2.05, 4.69) is 9.97 Å². The maximum Gasteiger partial charge on any atom is 0.141 e. The van der Waals surface area contributed by atoms with Gasteiger partial charge in [0.1, 0.15) is 5.82 Å². The number of rotatable bonds is 1. The first kappa shape index (κ1) is 10.2. The van der Waals surface area contributed by atoms with Gasteiger partial charge in [-0.25, -0.2) is 4.98 Å². The van der Waals surface area contributed by atoms with Gasteiger partial charge in [-0.3, -0.25) is 4.98 Å². The zero-order valence-corrected chi connectivity index (χ0v) is 9.13.